The minimum atomic E-state index is -0.371. The molecular weight excluding hydrogens is 233 g/mol. The zero-order chi connectivity index (χ0) is 13.3. The van der Waals surface area contributed by atoms with Crippen LogP contribution < -0.4 is 10.5 Å². The molecule has 0 bridgehead atoms. The Morgan fingerprint density at radius 3 is 2.61 bits per heavy atom. The molecule has 0 amide bonds. The van der Waals surface area contributed by atoms with Crippen molar-refractivity contribution in [1.29, 1.82) is 0 Å². The molecule has 96 valence electrons. The largest absolute Gasteiger partial charge is 0.494 e. The van der Waals surface area contributed by atoms with Gasteiger partial charge in [0, 0.05) is 0 Å². The standard InChI is InChI=1S/C13H16FN3O/c1-8-13(15)9(2)17(16-8)7-10-4-5-12(18-3)11(14)6-10/h4-6H,7,15H2,1-3H3. The van der Waals surface area contributed by atoms with Crippen LogP contribution in [0, 0.1) is 19.7 Å². The second-order valence-corrected chi connectivity index (χ2v) is 4.21. The molecule has 1 aromatic carbocycles. The summed E-state index contributed by atoms with van der Waals surface area (Å²) < 4.78 is 20.2. The van der Waals surface area contributed by atoms with E-state index in [0.29, 0.717) is 12.2 Å². The van der Waals surface area contributed by atoms with E-state index in [2.05, 4.69) is 5.10 Å². The average Bonchev–Trinajstić information content (AvgIpc) is 2.57. The number of benzene rings is 1. The zero-order valence-electron chi connectivity index (χ0n) is 10.7. The minimum Gasteiger partial charge on any atom is -0.494 e. The second kappa shape index (κ2) is 4.68. The molecule has 0 saturated heterocycles. The summed E-state index contributed by atoms with van der Waals surface area (Å²) in [5, 5.41) is 4.32. The van der Waals surface area contributed by atoms with Gasteiger partial charge in [-0.3, -0.25) is 4.68 Å². The summed E-state index contributed by atoms with van der Waals surface area (Å²) in [4.78, 5) is 0. The number of halogens is 1. The maximum Gasteiger partial charge on any atom is 0.165 e. The molecular formula is C13H16FN3O. The smallest absolute Gasteiger partial charge is 0.165 e. The Hall–Kier alpha value is -2.04. The van der Waals surface area contributed by atoms with E-state index in [4.69, 9.17) is 10.5 Å². The van der Waals surface area contributed by atoms with Crippen LogP contribution in [0.3, 0.4) is 0 Å². The molecule has 1 heterocycles. The Labute approximate surface area is 105 Å². The van der Waals surface area contributed by atoms with Crippen LogP contribution in [-0.2, 0) is 6.54 Å². The zero-order valence-corrected chi connectivity index (χ0v) is 10.7. The summed E-state index contributed by atoms with van der Waals surface area (Å²) in [7, 11) is 1.44. The highest BCUT2D eigenvalue weighted by atomic mass is 19.1. The van der Waals surface area contributed by atoms with Crippen LogP contribution in [0.2, 0.25) is 0 Å². The SMILES string of the molecule is COc1ccc(Cn2nc(C)c(N)c2C)cc1F. The van der Waals surface area contributed by atoms with Crippen LogP contribution in [-0.4, -0.2) is 16.9 Å². The number of aryl methyl sites for hydroxylation is 1. The number of hydrogen-bond donors (Lipinski definition) is 1. The van der Waals surface area contributed by atoms with Gasteiger partial charge in [0.15, 0.2) is 11.6 Å². The van der Waals surface area contributed by atoms with E-state index in [-0.39, 0.29) is 11.6 Å². The fraction of sp³-hybridized carbons (Fsp3) is 0.308. The van der Waals surface area contributed by atoms with Crippen molar-refractivity contribution in [2.24, 2.45) is 0 Å². The summed E-state index contributed by atoms with van der Waals surface area (Å²) in [6.45, 7) is 4.24. The summed E-state index contributed by atoms with van der Waals surface area (Å²) in [6, 6.07) is 4.87. The van der Waals surface area contributed by atoms with Gasteiger partial charge in [0.25, 0.3) is 0 Å². The lowest BCUT2D eigenvalue weighted by Crippen LogP contribution is -2.05. The molecule has 0 fully saturated rings. The second-order valence-electron chi connectivity index (χ2n) is 4.21. The van der Waals surface area contributed by atoms with Gasteiger partial charge in [-0.05, 0) is 31.5 Å². The molecule has 0 spiro atoms. The molecule has 2 aromatic rings. The molecule has 0 saturated carbocycles. The quantitative estimate of drug-likeness (QED) is 0.908. The lowest BCUT2D eigenvalue weighted by Gasteiger charge is -2.07. The number of hydrogen-bond acceptors (Lipinski definition) is 3. The third kappa shape index (κ3) is 2.16. The summed E-state index contributed by atoms with van der Waals surface area (Å²) in [5.41, 5.74) is 9.04. The van der Waals surface area contributed by atoms with Gasteiger partial charge >= 0.3 is 0 Å². The van der Waals surface area contributed by atoms with Crippen molar-refractivity contribution >= 4 is 5.69 Å². The van der Waals surface area contributed by atoms with E-state index in [1.54, 1.807) is 10.7 Å². The fourth-order valence-corrected chi connectivity index (χ4v) is 1.85. The number of ether oxygens (including phenoxy) is 1. The molecule has 2 rings (SSSR count). The number of anilines is 1. The summed E-state index contributed by atoms with van der Waals surface area (Å²) in [6.07, 6.45) is 0. The van der Waals surface area contributed by atoms with E-state index in [1.165, 1.54) is 13.2 Å². The van der Waals surface area contributed by atoms with Crippen molar-refractivity contribution < 1.29 is 9.13 Å². The topological polar surface area (TPSA) is 53.1 Å². The van der Waals surface area contributed by atoms with E-state index in [9.17, 15) is 4.39 Å². The first kappa shape index (κ1) is 12.4. The molecule has 0 radical (unpaired) electrons. The number of aromatic nitrogens is 2. The molecule has 4 nitrogen and oxygen atoms in total. The van der Waals surface area contributed by atoms with Gasteiger partial charge in [0.2, 0.25) is 0 Å². The number of nitrogens with zero attached hydrogens (tertiary/aromatic N) is 2. The molecule has 2 N–H and O–H groups in total. The molecule has 18 heavy (non-hydrogen) atoms. The number of methoxy groups -OCH3 is 1. The summed E-state index contributed by atoms with van der Waals surface area (Å²) in [5.74, 6) is -0.129. The van der Waals surface area contributed by atoms with Crippen LogP contribution in [0.1, 0.15) is 17.0 Å². The minimum absolute atomic E-state index is 0.242. The molecule has 0 unspecified atom stereocenters. The normalized spacial score (nSPS) is 10.7. The molecule has 0 atom stereocenters. The van der Waals surface area contributed by atoms with Gasteiger partial charge in [-0.2, -0.15) is 5.10 Å². The van der Waals surface area contributed by atoms with Crippen molar-refractivity contribution in [3.63, 3.8) is 0 Å². The average molecular weight is 249 g/mol. The third-order valence-electron chi connectivity index (χ3n) is 2.99. The Balaban J connectivity index is 2.28. The molecule has 1 aromatic heterocycles. The Morgan fingerprint density at radius 1 is 1.39 bits per heavy atom. The molecule has 0 aliphatic heterocycles. The summed E-state index contributed by atoms with van der Waals surface area (Å²) >= 11 is 0. The van der Waals surface area contributed by atoms with E-state index < -0.39 is 0 Å². The van der Waals surface area contributed by atoms with Crippen molar-refractivity contribution in [2.45, 2.75) is 20.4 Å². The Morgan fingerprint density at radius 2 is 2.11 bits per heavy atom. The maximum absolute atomic E-state index is 13.6. The highest BCUT2D eigenvalue weighted by molar-refractivity contribution is 5.47. The fourth-order valence-electron chi connectivity index (χ4n) is 1.85. The van der Waals surface area contributed by atoms with Crippen LogP contribution in [0.15, 0.2) is 18.2 Å². The van der Waals surface area contributed by atoms with Crippen molar-refractivity contribution in [3.05, 3.63) is 41.0 Å². The predicted molar refractivity (Wildman–Crippen MR) is 68.2 cm³/mol. The lowest BCUT2D eigenvalue weighted by molar-refractivity contribution is 0.386. The predicted octanol–water partition coefficient (Wildman–Crippen LogP) is 2.28. The first-order valence-corrected chi connectivity index (χ1v) is 5.65. The van der Waals surface area contributed by atoms with Gasteiger partial charge in [0.05, 0.1) is 30.7 Å². The van der Waals surface area contributed by atoms with Gasteiger partial charge in [-0.25, -0.2) is 4.39 Å². The lowest BCUT2D eigenvalue weighted by atomic mass is 10.2. The van der Waals surface area contributed by atoms with Crippen molar-refractivity contribution in [3.8, 4) is 5.75 Å². The van der Waals surface area contributed by atoms with Crippen LogP contribution in [0.5, 0.6) is 5.75 Å². The van der Waals surface area contributed by atoms with Crippen molar-refractivity contribution in [1.82, 2.24) is 9.78 Å². The molecule has 0 aliphatic rings. The first-order valence-electron chi connectivity index (χ1n) is 5.65. The van der Waals surface area contributed by atoms with Crippen LogP contribution >= 0.6 is 0 Å². The first-order chi connectivity index (χ1) is 8.52. The monoisotopic (exact) mass is 249 g/mol. The van der Waals surface area contributed by atoms with Gasteiger partial charge in [0.1, 0.15) is 0 Å². The Kier molecular flexibility index (Phi) is 3.23. The van der Waals surface area contributed by atoms with E-state index >= 15 is 0 Å². The Bertz CT molecular complexity index is 578. The number of rotatable bonds is 3. The van der Waals surface area contributed by atoms with Crippen molar-refractivity contribution in [2.75, 3.05) is 12.8 Å². The highest BCUT2D eigenvalue weighted by Gasteiger charge is 2.09. The third-order valence-corrected chi connectivity index (χ3v) is 2.99. The number of nitrogens with two attached hydrogens (primary N) is 1. The maximum atomic E-state index is 13.6. The molecule has 5 heteroatoms. The van der Waals surface area contributed by atoms with Crippen LogP contribution in [0.4, 0.5) is 10.1 Å². The van der Waals surface area contributed by atoms with Gasteiger partial charge in [-0.1, -0.05) is 6.07 Å². The number of nitrogen functional groups attached to an aromatic ring is 1. The van der Waals surface area contributed by atoms with Gasteiger partial charge in [-0.15, -0.1) is 0 Å². The van der Waals surface area contributed by atoms with E-state index in [0.717, 1.165) is 17.0 Å². The van der Waals surface area contributed by atoms with E-state index in [1.807, 2.05) is 19.9 Å². The molecule has 0 aliphatic carbocycles. The van der Waals surface area contributed by atoms with Crippen LogP contribution in [0.25, 0.3) is 0 Å². The van der Waals surface area contributed by atoms with Gasteiger partial charge < -0.3 is 10.5 Å². The highest BCUT2D eigenvalue weighted by Crippen LogP contribution is 2.20.